The molecule has 1 nitrogen and oxygen atoms in total. The monoisotopic (exact) mass is 239 g/mol. The highest BCUT2D eigenvalue weighted by molar-refractivity contribution is 5.18. The van der Waals surface area contributed by atoms with Gasteiger partial charge in [-0.2, -0.15) is 0 Å². The van der Waals surface area contributed by atoms with E-state index in [2.05, 4.69) is 6.92 Å². The summed E-state index contributed by atoms with van der Waals surface area (Å²) < 4.78 is 25.9. The number of benzene rings is 1. The topological polar surface area (TPSA) is 26.0 Å². The first kappa shape index (κ1) is 12.5. The smallest absolute Gasteiger partial charge is 0.159 e. The third-order valence-electron chi connectivity index (χ3n) is 3.79. The fraction of sp³-hybridized carbons (Fsp3) is 0.571. The predicted molar refractivity (Wildman–Crippen MR) is 64.5 cm³/mol. The molecule has 0 saturated heterocycles. The number of rotatable bonds is 2. The van der Waals surface area contributed by atoms with Gasteiger partial charge in [-0.15, -0.1) is 0 Å². The van der Waals surface area contributed by atoms with E-state index < -0.39 is 11.6 Å². The summed E-state index contributed by atoms with van der Waals surface area (Å²) in [6.07, 6.45) is 4.05. The van der Waals surface area contributed by atoms with E-state index in [1.54, 1.807) is 6.07 Å². The number of nitrogens with two attached hydrogens (primary N) is 1. The molecule has 1 aliphatic rings. The fourth-order valence-electron chi connectivity index (χ4n) is 2.73. The van der Waals surface area contributed by atoms with Crippen molar-refractivity contribution < 1.29 is 8.78 Å². The van der Waals surface area contributed by atoms with E-state index in [0.29, 0.717) is 11.8 Å². The van der Waals surface area contributed by atoms with Crippen molar-refractivity contribution in [3.63, 3.8) is 0 Å². The van der Waals surface area contributed by atoms with Crippen LogP contribution in [0.3, 0.4) is 0 Å². The summed E-state index contributed by atoms with van der Waals surface area (Å²) in [5.74, 6) is -0.469. The minimum absolute atomic E-state index is 0.194. The van der Waals surface area contributed by atoms with E-state index in [1.807, 2.05) is 0 Å². The van der Waals surface area contributed by atoms with Gasteiger partial charge in [-0.05, 0) is 55.2 Å². The molecule has 2 N–H and O–H groups in total. The van der Waals surface area contributed by atoms with Crippen molar-refractivity contribution >= 4 is 0 Å². The molecular formula is C14H19F2N. The number of hydrogen-bond acceptors (Lipinski definition) is 1. The number of hydrogen-bond donors (Lipinski definition) is 1. The van der Waals surface area contributed by atoms with Crippen LogP contribution in [0.4, 0.5) is 8.78 Å². The number of halogens is 2. The minimum atomic E-state index is -0.782. The maximum absolute atomic E-state index is 13.1. The van der Waals surface area contributed by atoms with Crippen molar-refractivity contribution in [2.45, 2.75) is 38.6 Å². The van der Waals surface area contributed by atoms with Gasteiger partial charge in [-0.25, -0.2) is 8.78 Å². The summed E-state index contributed by atoms with van der Waals surface area (Å²) >= 11 is 0. The van der Waals surface area contributed by atoms with Gasteiger partial charge >= 0.3 is 0 Å². The van der Waals surface area contributed by atoms with Crippen molar-refractivity contribution in [1.29, 1.82) is 0 Å². The highest BCUT2D eigenvalue weighted by Crippen LogP contribution is 2.30. The average molecular weight is 239 g/mol. The summed E-state index contributed by atoms with van der Waals surface area (Å²) in [4.78, 5) is 0. The van der Waals surface area contributed by atoms with Gasteiger partial charge in [-0.3, -0.25) is 0 Å². The van der Waals surface area contributed by atoms with E-state index in [1.165, 1.54) is 18.6 Å². The predicted octanol–water partition coefficient (Wildman–Crippen LogP) is 3.27. The van der Waals surface area contributed by atoms with Crippen LogP contribution in [0.2, 0.25) is 0 Å². The lowest BCUT2D eigenvalue weighted by molar-refractivity contribution is 0.244. The fourth-order valence-corrected chi connectivity index (χ4v) is 2.73. The first-order valence-corrected chi connectivity index (χ1v) is 6.25. The van der Waals surface area contributed by atoms with Gasteiger partial charge in [0.05, 0.1) is 0 Å². The molecule has 1 aromatic rings. The van der Waals surface area contributed by atoms with Crippen LogP contribution in [0.15, 0.2) is 18.2 Å². The summed E-state index contributed by atoms with van der Waals surface area (Å²) in [6, 6.07) is 4.34. The molecule has 0 aliphatic heterocycles. The van der Waals surface area contributed by atoms with Gasteiger partial charge in [0.25, 0.3) is 0 Å². The van der Waals surface area contributed by atoms with Crippen LogP contribution >= 0.6 is 0 Å². The molecule has 0 heterocycles. The van der Waals surface area contributed by atoms with Crippen LogP contribution in [-0.2, 0) is 6.42 Å². The van der Waals surface area contributed by atoms with Crippen molar-refractivity contribution in [2.24, 2.45) is 17.6 Å². The molecule has 94 valence electrons. The Balaban J connectivity index is 2.06. The van der Waals surface area contributed by atoms with Crippen LogP contribution in [0.1, 0.15) is 31.7 Å². The Morgan fingerprint density at radius 2 is 2.00 bits per heavy atom. The molecule has 0 radical (unpaired) electrons. The summed E-state index contributed by atoms with van der Waals surface area (Å²) in [7, 11) is 0. The zero-order valence-electron chi connectivity index (χ0n) is 10.1. The van der Waals surface area contributed by atoms with Gasteiger partial charge in [0, 0.05) is 6.04 Å². The second kappa shape index (κ2) is 5.13. The van der Waals surface area contributed by atoms with E-state index in [0.717, 1.165) is 24.8 Å². The van der Waals surface area contributed by atoms with Crippen molar-refractivity contribution in [2.75, 3.05) is 0 Å². The van der Waals surface area contributed by atoms with Crippen LogP contribution < -0.4 is 5.73 Å². The SMILES string of the molecule is CC1CCC(N)C(Cc2ccc(F)c(F)c2)C1. The quantitative estimate of drug-likeness (QED) is 0.842. The minimum Gasteiger partial charge on any atom is -0.327 e. The normalized spacial score (nSPS) is 29.3. The molecule has 2 rings (SSSR count). The lowest BCUT2D eigenvalue weighted by Gasteiger charge is -2.32. The van der Waals surface area contributed by atoms with Crippen LogP contribution in [-0.4, -0.2) is 6.04 Å². The zero-order valence-corrected chi connectivity index (χ0v) is 10.1. The Hall–Kier alpha value is -0.960. The standard InChI is InChI=1S/C14H19F2N/c1-9-2-5-14(17)11(6-9)7-10-3-4-12(15)13(16)8-10/h3-4,8-9,11,14H,2,5-7,17H2,1H3. The highest BCUT2D eigenvalue weighted by atomic mass is 19.2. The third kappa shape index (κ3) is 3.03. The van der Waals surface area contributed by atoms with E-state index in [9.17, 15) is 8.78 Å². The van der Waals surface area contributed by atoms with Gasteiger partial charge in [0.15, 0.2) is 11.6 Å². The van der Waals surface area contributed by atoms with Gasteiger partial charge in [0.1, 0.15) is 0 Å². The molecule has 0 bridgehead atoms. The van der Waals surface area contributed by atoms with Crippen LogP contribution in [0.25, 0.3) is 0 Å². The Kier molecular flexibility index (Phi) is 3.77. The molecule has 17 heavy (non-hydrogen) atoms. The molecule has 0 aromatic heterocycles. The third-order valence-corrected chi connectivity index (χ3v) is 3.79. The first-order valence-electron chi connectivity index (χ1n) is 6.25. The Morgan fingerprint density at radius 1 is 1.24 bits per heavy atom. The molecule has 1 aliphatic carbocycles. The lowest BCUT2D eigenvalue weighted by atomic mass is 9.76. The molecule has 3 unspecified atom stereocenters. The van der Waals surface area contributed by atoms with E-state index in [-0.39, 0.29) is 6.04 Å². The summed E-state index contributed by atoms with van der Waals surface area (Å²) in [5, 5.41) is 0. The first-order chi connectivity index (χ1) is 8.06. The molecule has 0 amide bonds. The molecular weight excluding hydrogens is 220 g/mol. The molecule has 3 atom stereocenters. The maximum atomic E-state index is 13.1. The Bertz CT molecular complexity index is 392. The van der Waals surface area contributed by atoms with Gasteiger partial charge in [0.2, 0.25) is 0 Å². The van der Waals surface area contributed by atoms with E-state index >= 15 is 0 Å². The maximum Gasteiger partial charge on any atom is 0.159 e. The summed E-state index contributed by atoms with van der Waals surface area (Å²) in [5.41, 5.74) is 6.93. The van der Waals surface area contributed by atoms with Crippen molar-refractivity contribution in [3.05, 3.63) is 35.4 Å². The second-order valence-electron chi connectivity index (χ2n) is 5.29. The molecule has 1 aromatic carbocycles. The Labute approximate surface area is 101 Å². The van der Waals surface area contributed by atoms with Gasteiger partial charge < -0.3 is 5.73 Å². The summed E-state index contributed by atoms with van der Waals surface area (Å²) in [6.45, 7) is 2.23. The zero-order chi connectivity index (χ0) is 12.4. The molecule has 0 spiro atoms. The van der Waals surface area contributed by atoms with Crippen molar-refractivity contribution in [3.8, 4) is 0 Å². The van der Waals surface area contributed by atoms with Crippen LogP contribution in [0, 0.1) is 23.5 Å². The molecule has 1 fully saturated rings. The lowest BCUT2D eigenvalue weighted by Crippen LogP contribution is -2.36. The molecule has 1 saturated carbocycles. The van der Waals surface area contributed by atoms with Gasteiger partial charge in [-0.1, -0.05) is 13.0 Å². The van der Waals surface area contributed by atoms with Crippen molar-refractivity contribution in [1.82, 2.24) is 0 Å². The average Bonchev–Trinajstić information content (AvgIpc) is 2.29. The Morgan fingerprint density at radius 3 is 2.71 bits per heavy atom. The highest BCUT2D eigenvalue weighted by Gasteiger charge is 2.26. The molecule has 3 heteroatoms. The van der Waals surface area contributed by atoms with E-state index in [4.69, 9.17) is 5.73 Å². The second-order valence-corrected chi connectivity index (χ2v) is 5.29. The largest absolute Gasteiger partial charge is 0.327 e. The van der Waals surface area contributed by atoms with Crippen LogP contribution in [0.5, 0.6) is 0 Å².